The first kappa shape index (κ1) is 11.7. The summed E-state index contributed by atoms with van der Waals surface area (Å²) < 4.78 is 0. The molecule has 1 aromatic carbocycles. The summed E-state index contributed by atoms with van der Waals surface area (Å²) in [4.78, 5) is 0. The third-order valence-corrected chi connectivity index (χ3v) is 1.77. The molecule has 0 unspecified atom stereocenters. The van der Waals surface area contributed by atoms with E-state index >= 15 is 0 Å². The number of nitrogens with two attached hydrogens (primary N) is 1. The van der Waals surface area contributed by atoms with Gasteiger partial charge in [0.1, 0.15) is 0 Å². The van der Waals surface area contributed by atoms with Crippen molar-refractivity contribution in [1.82, 2.24) is 0 Å². The van der Waals surface area contributed by atoms with E-state index in [1.165, 1.54) is 11.1 Å². The van der Waals surface area contributed by atoms with Crippen LogP contribution >= 0.6 is 0 Å². The highest BCUT2D eigenvalue weighted by atomic mass is 16.2. The average Bonchev–Trinajstić information content (AvgIpc) is 2.20. The smallest absolute Gasteiger partial charge is 0.0320 e. The Bertz CT molecular complexity index is 279. The Hall–Kier alpha value is -1.28. The van der Waals surface area contributed by atoms with Gasteiger partial charge in [0.2, 0.25) is 0 Å². The van der Waals surface area contributed by atoms with Gasteiger partial charge in [0.05, 0.1) is 0 Å². The number of anilines is 1. The van der Waals surface area contributed by atoms with Gasteiger partial charge in [-0.1, -0.05) is 18.2 Å². The number of hydrogen-bond donors (Lipinski definition) is 2. The van der Waals surface area contributed by atoms with Gasteiger partial charge in [-0.2, -0.15) is 0 Å². The normalized spacial score (nSPS) is 10.3. The maximum Gasteiger partial charge on any atom is 0.0320 e. The molecule has 2 nitrogen and oxygen atoms in total. The van der Waals surface area contributed by atoms with Crippen LogP contribution in [0.3, 0.4) is 0 Å². The van der Waals surface area contributed by atoms with Crippen molar-refractivity contribution < 1.29 is 5.11 Å². The third kappa shape index (κ3) is 3.76. The molecule has 13 heavy (non-hydrogen) atoms. The zero-order chi connectivity index (χ0) is 10.3. The molecule has 0 fully saturated rings. The second-order valence-electron chi connectivity index (χ2n) is 2.60. The van der Waals surface area contributed by atoms with Crippen LogP contribution < -0.4 is 5.73 Å². The predicted molar refractivity (Wildman–Crippen MR) is 58.3 cm³/mol. The molecule has 0 heterocycles. The summed E-state index contributed by atoms with van der Waals surface area (Å²) in [5, 5.41) is 7.00. The fraction of sp³-hybridized carbons (Fsp3) is 0.273. The van der Waals surface area contributed by atoms with Gasteiger partial charge >= 0.3 is 0 Å². The van der Waals surface area contributed by atoms with Crippen LogP contribution in [0.1, 0.15) is 19.4 Å². The lowest BCUT2D eigenvalue weighted by Crippen LogP contribution is -1.85. The number of rotatable bonds is 1. The summed E-state index contributed by atoms with van der Waals surface area (Å²) >= 11 is 0. The molecule has 0 aliphatic rings. The Morgan fingerprint density at radius 2 is 2.00 bits per heavy atom. The summed E-state index contributed by atoms with van der Waals surface area (Å²) in [5.74, 6) is 0. The highest BCUT2D eigenvalue weighted by molar-refractivity contribution is 5.66. The summed E-state index contributed by atoms with van der Waals surface area (Å²) in [7, 11) is 1.00. The van der Waals surface area contributed by atoms with E-state index in [9.17, 15) is 0 Å². The fourth-order valence-electron chi connectivity index (χ4n) is 0.951. The lowest BCUT2D eigenvalue weighted by atomic mass is 10.1. The third-order valence-electron chi connectivity index (χ3n) is 1.77. The lowest BCUT2D eigenvalue weighted by molar-refractivity contribution is 0.399. The van der Waals surface area contributed by atoms with E-state index in [2.05, 4.69) is 19.1 Å². The van der Waals surface area contributed by atoms with E-state index < -0.39 is 0 Å². The maximum absolute atomic E-state index is 7.00. The highest BCUT2D eigenvalue weighted by Gasteiger charge is 1.92. The van der Waals surface area contributed by atoms with Gasteiger partial charge in [-0.3, -0.25) is 0 Å². The first-order chi connectivity index (χ1) is 6.24. The number of benzene rings is 1. The van der Waals surface area contributed by atoms with E-state index in [4.69, 9.17) is 10.8 Å². The van der Waals surface area contributed by atoms with Crippen molar-refractivity contribution in [3.8, 4) is 0 Å². The van der Waals surface area contributed by atoms with Crippen LogP contribution in [0.15, 0.2) is 30.3 Å². The van der Waals surface area contributed by atoms with Crippen LogP contribution in [0.5, 0.6) is 0 Å². The summed E-state index contributed by atoms with van der Waals surface area (Å²) in [6.07, 6.45) is 2.08. The molecule has 72 valence electrons. The van der Waals surface area contributed by atoms with Crippen LogP contribution in [0.2, 0.25) is 0 Å². The van der Waals surface area contributed by atoms with Gasteiger partial charge < -0.3 is 10.8 Å². The second-order valence-corrected chi connectivity index (χ2v) is 2.60. The molecular formula is C11H17NO. The molecule has 2 heteroatoms. The van der Waals surface area contributed by atoms with Crippen LogP contribution in [-0.4, -0.2) is 12.2 Å². The molecule has 0 spiro atoms. The minimum absolute atomic E-state index is 0.823. The number of hydrogen-bond acceptors (Lipinski definition) is 2. The lowest BCUT2D eigenvalue weighted by Gasteiger charge is -2.00. The average molecular weight is 179 g/mol. The molecule has 0 aliphatic carbocycles. The summed E-state index contributed by atoms with van der Waals surface area (Å²) in [6.45, 7) is 4.10. The Labute approximate surface area is 79.7 Å². The first-order valence-electron chi connectivity index (χ1n) is 4.17. The standard InChI is InChI=1S/C10H13N.CH4O/c1-3-8(2)9-5-4-6-10(11)7-9;1-2/h3-7H,11H2,1-2H3;2H,1H3/b8-3+;. The molecule has 0 saturated heterocycles. The molecule has 0 amide bonds. The molecule has 0 atom stereocenters. The molecule has 3 N–H and O–H groups in total. The zero-order valence-corrected chi connectivity index (χ0v) is 8.41. The van der Waals surface area contributed by atoms with Crippen LogP contribution in [-0.2, 0) is 0 Å². The van der Waals surface area contributed by atoms with Gasteiger partial charge in [-0.05, 0) is 37.1 Å². The van der Waals surface area contributed by atoms with Crippen molar-refractivity contribution in [2.45, 2.75) is 13.8 Å². The van der Waals surface area contributed by atoms with Crippen molar-refractivity contribution in [3.63, 3.8) is 0 Å². The number of aliphatic hydroxyl groups is 1. The van der Waals surface area contributed by atoms with E-state index in [0.29, 0.717) is 0 Å². The fourth-order valence-corrected chi connectivity index (χ4v) is 0.951. The molecule has 0 saturated carbocycles. The molecule has 1 rings (SSSR count). The highest BCUT2D eigenvalue weighted by Crippen LogP contribution is 2.15. The number of allylic oxidation sites excluding steroid dienone is 2. The largest absolute Gasteiger partial charge is 0.400 e. The topological polar surface area (TPSA) is 46.2 Å². The number of nitrogen functional groups attached to an aromatic ring is 1. The van der Waals surface area contributed by atoms with Crippen molar-refractivity contribution in [2.75, 3.05) is 12.8 Å². The quantitative estimate of drug-likeness (QED) is 0.650. The Balaban J connectivity index is 0.000000671. The predicted octanol–water partition coefficient (Wildman–Crippen LogP) is 2.30. The van der Waals surface area contributed by atoms with Gasteiger partial charge in [0.15, 0.2) is 0 Å². The monoisotopic (exact) mass is 179 g/mol. The molecule has 0 aliphatic heterocycles. The van der Waals surface area contributed by atoms with Crippen molar-refractivity contribution in [3.05, 3.63) is 35.9 Å². The van der Waals surface area contributed by atoms with Gasteiger partial charge in [-0.25, -0.2) is 0 Å². The van der Waals surface area contributed by atoms with Gasteiger partial charge in [0.25, 0.3) is 0 Å². The second kappa shape index (κ2) is 6.26. The zero-order valence-electron chi connectivity index (χ0n) is 8.41. The Kier molecular flexibility index (Phi) is 5.64. The van der Waals surface area contributed by atoms with Crippen LogP contribution in [0, 0.1) is 0 Å². The SMILES string of the molecule is C/C=C(\C)c1cccc(N)c1.CO. The molecular weight excluding hydrogens is 162 g/mol. The van der Waals surface area contributed by atoms with E-state index in [1.54, 1.807) is 0 Å². The van der Waals surface area contributed by atoms with Crippen LogP contribution in [0.4, 0.5) is 5.69 Å². The molecule has 0 bridgehead atoms. The minimum atomic E-state index is 0.823. The minimum Gasteiger partial charge on any atom is -0.400 e. The molecule has 0 aromatic heterocycles. The maximum atomic E-state index is 7.00. The number of aliphatic hydroxyl groups excluding tert-OH is 1. The van der Waals surface area contributed by atoms with Crippen molar-refractivity contribution >= 4 is 11.3 Å². The molecule has 1 aromatic rings. The summed E-state index contributed by atoms with van der Waals surface area (Å²) in [6, 6.07) is 7.91. The summed E-state index contributed by atoms with van der Waals surface area (Å²) in [5.41, 5.74) is 8.91. The Morgan fingerprint density at radius 1 is 1.38 bits per heavy atom. The van der Waals surface area contributed by atoms with Gasteiger partial charge in [-0.15, -0.1) is 0 Å². The van der Waals surface area contributed by atoms with Gasteiger partial charge in [0, 0.05) is 12.8 Å². The molecule has 0 radical (unpaired) electrons. The van der Waals surface area contributed by atoms with E-state index in [1.807, 2.05) is 25.1 Å². The van der Waals surface area contributed by atoms with Crippen LogP contribution in [0.25, 0.3) is 5.57 Å². The van der Waals surface area contributed by atoms with Crippen molar-refractivity contribution in [1.29, 1.82) is 0 Å². The van der Waals surface area contributed by atoms with E-state index in [0.717, 1.165) is 12.8 Å². The first-order valence-corrected chi connectivity index (χ1v) is 4.17. The Morgan fingerprint density at radius 3 is 2.46 bits per heavy atom. The van der Waals surface area contributed by atoms with E-state index in [-0.39, 0.29) is 0 Å². The van der Waals surface area contributed by atoms with Crippen molar-refractivity contribution in [2.24, 2.45) is 0 Å².